The lowest BCUT2D eigenvalue weighted by molar-refractivity contribution is -0.211. The number of nitrogens with zero attached hydrogens (tertiary/aromatic N) is 2. The van der Waals surface area contributed by atoms with Crippen LogP contribution in [0.5, 0.6) is 0 Å². The number of benzene rings is 1. The predicted molar refractivity (Wildman–Crippen MR) is 171 cm³/mol. The lowest BCUT2D eigenvalue weighted by Crippen LogP contribution is -2.78. The fourth-order valence-corrected chi connectivity index (χ4v) is 11.2. The summed E-state index contributed by atoms with van der Waals surface area (Å²) in [5, 5.41) is 1.00. The summed E-state index contributed by atoms with van der Waals surface area (Å²) < 4.78 is 15.3. The molecule has 0 radical (unpaired) electrons. The van der Waals surface area contributed by atoms with Crippen LogP contribution >= 0.6 is 0 Å². The third kappa shape index (κ3) is 3.66. The van der Waals surface area contributed by atoms with Crippen LogP contribution in [0.25, 0.3) is 10.8 Å². The van der Waals surface area contributed by atoms with Crippen molar-refractivity contribution < 1.29 is 14.3 Å². The molecule has 44 heavy (non-hydrogen) atoms. The maximum Gasteiger partial charge on any atom is 0.274 e. The molecule has 2 aliphatic heterocycles. The first-order valence-electron chi connectivity index (χ1n) is 16.8. The van der Waals surface area contributed by atoms with Gasteiger partial charge in [0.2, 0.25) is 0 Å². The van der Waals surface area contributed by atoms with Gasteiger partial charge < -0.3 is 9.47 Å². The van der Waals surface area contributed by atoms with Crippen molar-refractivity contribution in [2.24, 2.45) is 40.4 Å². The lowest BCUT2D eigenvalue weighted by atomic mass is 9.40. The van der Waals surface area contributed by atoms with E-state index in [1.54, 1.807) is 13.2 Å². The molecular weight excluding hydrogens is 552 g/mol. The largest absolute Gasteiger partial charge is 0.359 e. The molecule has 6 aliphatic rings. The Balaban J connectivity index is 1.44. The van der Waals surface area contributed by atoms with Crippen molar-refractivity contribution in [1.82, 2.24) is 9.36 Å². The predicted octanol–water partition coefficient (Wildman–Crippen LogP) is 6.18. The van der Waals surface area contributed by atoms with Crippen molar-refractivity contribution in [3.8, 4) is 0 Å². The lowest BCUT2D eigenvalue weighted by Gasteiger charge is -2.72. The molecule has 0 amide bonds. The number of allylic oxidation sites excluding steroid dienone is 4. The van der Waals surface area contributed by atoms with Crippen molar-refractivity contribution in [1.29, 1.82) is 0 Å². The molecule has 9 atom stereocenters. The van der Waals surface area contributed by atoms with Gasteiger partial charge in [-0.05, 0) is 85.8 Å². The van der Waals surface area contributed by atoms with Crippen molar-refractivity contribution in [2.75, 3.05) is 13.9 Å². The average Bonchev–Trinajstić information content (AvgIpc) is 3.38. The Morgan fingerprint density at radius 1 is 0.955 bits per heavy atom. The van der Waals surface area contributed by atoms with Gasteiger partial charge in [0.1, 0.15) is 6.79 Å². The topological polar surface area (TPSA) is 79.5 Å². The van der Waals surface area contributed by atoms with Crippen LogP contribution in [0.1, 0.15) is 79.6 Å². The Morgan fingerprint density at radius 2 is 1.66 bits per heavy atom. The zero-order chi connectivity index (χ0) is 31.2. The van der Waals surface area contributed by atoms with Gasteiger partial charge in [0.15, 0.2) is 5.78 Å². The van der Waals surface area contributed by atoms with Crippen LogP contribution in [0.2, 0.25) is 0 Å². The second-order valence-corrected chi connectivity index (χ2v) is 15.4. The van der Waals surface area contributed by atoms with Crippen LogP contribution in [0.4, 0.5) is 0 Å². The molecule has 8 rings (SSSR count). The summed E-state index contributed by atoms with van der Waals surface area (Å²) in [6.07, 6.45) is 15.2. The summed E-state index contributed by atoms with van der Waals surface area (Å²) in [7, 11) is 1.64. The second-order valence-electron chi connectivity index (χ2n) is 15.4. The number of methoxy groups -OCH3 is 1. The van der Waals surface area contributed by atoms with Gasteiger partial charge in [0.05, 0.1) is 28.0 Å². The molecule has 3 saturated carbocycles. The van der Waals surface area contributed by atoms with Gasteiger partial charge in [0.25, 0.3) is 11.1 Å². The van der Waals surface area contributed by atoms with Gasteiger partial charge in [-0.15, -0.1) is 0 Å². The van der Waals surface area contributed by atoms with Crippen LogP contribution in [0, 0.1) is 40.4 Å². The average molecular weight is 601 g/mol. The molecular formula is C37H48N2O5. The summed E-state index contributed by atoms with van der Waals surface area (Å²) in [5.41, 5.74) is -1.62. The highest BCUT2D eigenvalue weighted by Crippen LogP contribution is 2.74. The molecule has 2 unspecified atom stereocenters. The Kier molecular flexibility index (Phi) is 6.88. The highest BCUT2D eigenvalue weighted by Gasteiger charge is 2.74. The molecule has 2 bridgehead atoms. The minimum Gasteiger partial charge on any atom is -0.359 e. The number of carbonyl (C=O) groups is 1. The Morgan fingerprint density at radius 3 is 2.34 bits per heavy atom. The molecule has 2 aromatic rings. The van der Waals surface area contributed by atoms with Crippen molar-refractivity contribution in [3.63, 3.8) is 0 Å². The molecule has 3 heterocycles. The Hall–Kier alpha value is -2.77. The van der Waals surface area contributed by atoms with Crippen LogP contribution < -0.4 is 11.1 Å². The summed E-state index contributed by atoms with van der Waals surface area (Å²) in [6.45, 7) is 11.2. The molecule has 1 aromatic heterocycles. The number of carbonyl (C=O) groups excluding carboxylic acids is 1. The number of ketones is 1. The molecule has 4 aliphatic carbocycles. The van der Waals surface area contributed by atoms with Gasteiger partial charge in [-0.1, -0.05) is 65.0 Å². The van der Waals surface area contributed by atoms with E-state index in [-0.39, 0.29) is 64.3 Å². The van der Waals surface area contributed by atoms with Crippen molar-refractivity contribution in [2.45, 2.75) is 96.7 Å². The number of ether oxygens (including phenoxy) is 2. The van der Waals surface area contributed by atoms with E-state index in [4.69, 9.17) is 9.47 Å². The fourth-order valence-electron chi connectivity index (χ4n) is 11.2. The quantitative estimate of drug-likeness (QED) is 0.216. The molecule has 7 nitrogen and oxygen atoms in total. The number of hydrogen-bond donors (Lipinski definition) is 0. The summed E-state index contributed by atoms with van der Waals surface area (Å²) in [5.74, 6) is 1.23. The molecule has 3 fully saturated rings. The van der Waals surface area contributed by atoms with E-state index < -0.39 is 11.1 Å². The zero-order valence-corrected chi connectivity index (χ0v) is 27.2. The van der Waals surface area contributed by atoms with Crippen LogP contribution in [-0.4, -0.2) is 35.2 Å². The smallest absolute Gasteiger partial charge is 0.274 e. The number of fused-ring (bicyclic) bond motifs is 2. The molecule has 1 aromatic carbocycles. The maximum atomic E-state index is 14.8. The standard InChI is InChI=1S/C37H48N2O5/c1-23(2)29(40)13-11-24(3)28-12-14-30-34(28,4)17-16-31-35(5)18-15-25(44-22-43-6)21-36(35)19-20-37(30,31)39-33(42)27-10-8-7-9-26(27)32(41)38(36)39/h7-11,13,19-20,23-25,28,30-31H,12,14-18,21-22H2,1-6H3/b13-11+/t24-,25?,28-,30-,31-,34-,35-,36?,37-/m1/s1. The summed E-state index contributed by atoms with van der Waals surface area (Å²) >= 11 is 0. The minimum absolute atomic E-state index is 0.0122. The molecule has 0 saturated heterocycles. The number of rotatable bonds is 7. The third-order valence-corrected chi connectivity index (χ3v) is 13.3. The van der Waals surface area contributed by atoms with E-state index in [1.165, 1.54) is 0 Å². The van der Waals surface area contributed by atoms with Crippen LogP contribution in [-0.2, 0) is 25.3 Å². The van der Waals surface area contributed by atoms with E-state index in [1.807, 2.05) is 47.5 Å². The first-order chi connectivity index (χ1) is 21.0. The normalized spacial score (nSPS) is 39.3. The van der Waals surface area contributed by atoms with Gasteiger partial charge in [0, 0.05) is 24.9 Å². The van der Waals surface area contributed by atoms with Crippen molar-refractivity contribution >= 4 is 16.6 Å². The van der Waals surface area contributed by atoms with Gasteiger partial charge in [-0.25, -0.2) is 9.36 Å². The first-order valence-corrected chi connectivity index (χ1v) is 16.8. The van der Waals surface area contributed by atoms with E-state index in [2.05, 4.69) is 39.0 Å². The SMILES string of the molecule is COCOC1CC[C@]2(C)[C@H]3CC[C@]4(C)[C@@H]([C@H](C)/C=C/C(=O)C(C)C)CC[C@H]4[C@]34C=CC2(C1)n1c(=O)c2ccccc2c(=O)n14. The van der Waals surface area contributed by atoms with E-state index in [0.717, 1.165) is 38.5 Å². The first kappa shape index (κ1) is 29.9. The molecule has 0 N–H and O–H groups in total. The summed E-state index contributed by atoms with van der Waals surface area (Å²) in [6, 6.07) is 7.37. The highest BCUT2D eigenvalue weighted by atomic mass is 16.7. The van der Waals surface area contributed by atoms with Crippen LogP contribution in [0.15, 0.2) is 58.2 Å². The molecule has 2 spiro atoms. The van der Waals surface area contributed by atoms with Crippen LogP contribution in [0.3, 0.4) is 0 Å². The highest BCUT2D eigenvalue weighted by molar-refractivity contribution is 5.91. The second kappa shape index (κ2) is 10.1. The van der Waals surface area contributed by atoms with E-state index in [0.29, 0.717) is 23.1 Å². The summed E-state index contributed by atoms with van der Waals surface area (Å²) in [4.78, 5) is 42.0. The van der Waals surface area contributed by atoms with E-state index in [9.17, 15) is 14.4 Å². The molecule has 236 valence electrons. The third-order valence-electron chi connectivity index (χ3n) is 13.3. The van der Waals surface area contributed by atoms with Gasteiger partial charge in [-0.2, -0.15) is 0 Å². The number of hydrogen-bond acceptors (Lipinski definition) is 5. The molecule has 7 heteroatoms. The zero-order valence-electron chi connectivity index (χ0n) is 27.2. The maximum absolute atomic E-state index is 14.8. The van der Waals surface area contributed by atoms with Gasteiger partial charge >= 0.3 is 0 Å². The van der Waals surface area contributed by atoms with Crippen molar-refractivity contribution in [3.05, 3.63) is 69.3 Å². The number of aromatic nitrogens is 2. The Labute approximate surface area is 260 Å². The van der Waals surface area contributed by atoms with E-state index >= 15 is 0 Å². The Bertz CT molecular complexity index is 1680. The minimum atomic E-state index is -0.657. The monoisotopic (exact) mass is 600 g/mol. The fraction of sp³-hybridized carbons (Fsp3) is 0.649. The van der Waals surface area contributed by atoms with Gasteiger partial charge in [-0.3, -0.25) is 14.4 Å².